The van der Waals surface area contributed by atoms with Gasteiger partial charge in [0.1, 0.15) is 5.82 Å². The molecule has 0 unspecified atom stereocenters. The van der Waals surface area contributed by atoms with E-state index in [1.807, 2.05) is 6.92 Å². The Labute approximate surface area is 104 Å². The standard InChI is InChI=1S/C12H23N3S/c1-3-4-5-6-7-8-9-10-15-11(2)13-14-12(15)16/h3-10H2,1-2H3,(H,14,16). The van der Waals surface area contributed by atoms with Gasteiger partial charge in [0.2, 0.25) is 0 Å². The summed E-state index contributed by atoms with van der Waals surface area (Å²) in [7, 11) is 0. The molecular formula is C12H23N3S. The molecule has 1 aromatic rings. The van der Waals surface area contributed by atoms with Crippen LogP contribution in [0.3, 0.4) is 0 Å². The zero-order valence-electron chi connectivity index (χ0n) is 10.4. The fourth-order valence-electron chi connectivity index (χ4n) is 1.86. The topological polar surface area (TPSA) is 30.7 Å². The monoisotopic (exact) mass is 241 g/mol. The third kappa shape index (κ3) is 4.56. The molecule has 0 spiro atoms. The van der Waals surface area contributed by atoms with E-state index in [0.29, 0.717) is 0 Å². The summed E-state index contributed by atoms with van der Waals surface area (Å²) in [5, 5.41) is 8.66. The fraction of sp³-hybridized carbons (Fsp3) is 0.833. The van der Waals surface area contributed by atoms with Gasteiger partial charge < -0.3 is 4.57 Å². The first kappa shape index (κ1) is 13.6. The molecule has 4 heteroatoms. The quantitative estimate of drug-likeness (QED) is 0.556. The van der Waals surface area contributed by atoms with Crippen LogP contribution in [0.25, 0.3) is 0 Å². The van der Waals surface area contributed by atoms with Gasteiger partial charge in [-0.15, -0.1) is 22.8 Å². The van der Waals surface area contributed by atoms with E-state index in [9.17, 15) is 0 Å². The Morgan fingerprint density at radius 3 is 2.19 bits per heavy atom. The number of hydrogen-bond donors (Lipinski definition) is 1. The van der Waals surface area contributed by atoms with Gasteiger partial charge in [-0.2, -0.15) is 0 Å². The maximum atomic E-state index is 4.28. The number of aryl methyl sites for hydroxylation is 1. The van der Waals surface area contributed by atoms with Crippen LogP contribution in [-0.4, -0.2) is 14.8 Å². The number of rotatable bonds is 8. The third-order valence-electron chi connectivity index (χ3n) is 2.90. The highest BCUT2D eigenvalue weighted by Crippen LogP contribution is 2.10. The highest BCUT2D eigenvalue weighted by molar-refractivity contribution is 7.80. The third-order valence-corrected chi connectivity index (χ3v) is 3.23. The Hall–Kier alpha value is -0.510. The van der Waals surface area contributed by atoms with Gasteiger partial charge in [0.05, 0.1) is 0 Å². The fourth-order valence-corrected chi connectivity index (χ4v) is 2.15. The van der Waals surface area contributed by atoms with Crippen LogP contribution in [0.15, 0.2) is 5.16 Å². The van der Waals surface area contributed by atoms with E-state index in [0.717, 1.165) is 17.5 Å². The van der Waals surface area contributed by atoms with Gasteiger partial charge >= 0.3 is 0 Å². The van der Waals surface area contributed by atoms with Crippen molar-refractivity contribution >= 4 is 12.6 Å². The molecule has 16 heavy (non-hydrogen) atoms. The van der Waals surface area contributed by atoms with Gasteiger partial charge in [-0.05, 0) is 13.3 Å². The molecule has 0 aliphatic carbocycles. The van der Waals surface area contributed by atoms with Crippen LogP contribution in [0, 0.1) is 6.92 Å². The molecule has 3 nitrogen and oxygen atoms in total. The van der Waals surface area contributed by atoms with Crippen molar-refractivity contribution in [1.29, 1.82) is 0 Å². The molecule has 0 aliphatic heterocycles. The predicted octanol–water partition coefficient (Wildman–Crippen LogP) is 3.63. The van der Waals surface area contributed by atoms with Crippen molar-refractivity contribution in [3.8, 4) is 0 Å². The average Bonchev–Trinajstić information content (AvgIpc) is 2.59. The predicted molar refractivity (Wildman–Crippen MR) is 70.0 cm³/mol. The van der Waals surface area contributed by atoms with E-state index in [2.05, 4.69) is 34.3 Å². The van der Waals surface area contributed by atoms with Crippen molar-refractivity contribution in [2.24, 2.45) is 0 Å². The van der Waals surface area contributed by atoms with Crippen molar-refractivity contribution in [2.75, 3.05) is 0 Å². The van der Waals surface area contributed by atoms with Crippen molar-refractivity contribution in [1.82, 2.24) is 14.8 Å². The second-order valence-electron chi connectivity index (χ2n) is 4.32. The number of nitrogens with zero attached hydrogens (tertiary/aromatic N) is 3. The molecule has 0 bridgehead atoms. The minimum atomic E-state index is 0.739. The lowest BCUT2D eigenvalue weighted by Gasteiger charge is -2.05. The second kappa shape index (κ2) is 7.71. The highest BCUT2D eigenvalue weighted by atomic mass is 32.1. The molecule has 0 saturated carbocycles. The lowest BCUT2D eigenvalue weighted by molar-refractivity contribution is 0.525. The van der Waals surface area contributed by atoms with Crippen LogP contribution in [0.1, 0.15) is 57.7 Å². The average molecular weight is 241 g/mol. The lowest BCUT2D eigenvalue weighted by atomic mass is 10.1. The van der Waals surface area contributed by atoms with E-state index >= 15 is 0 Å². The summed E-state index contributed by atoms with van der Waals surface area (Å²) in [4.78, 5) is 0. The first-order valence-electron chi connectivity index (χ1n) is 6.34. The Morgan fingerprint density at radius 2 is 1.62 bits per heavy atom. The summed E-state index contributed by atoms with van der Waals surface area (Å²) >= 11 is 4.28. The minimum absolute atomic E-state index is 0.739. The smallest absolute Gasteiger partial charge is 0.188 e. The normalized spacial score (nSPS) is 10.9. The van der Waals surface area contributed by atoms with Gasteiger partial charge in [0, 0.05) is 6.54 Å². The van der Waals surface area contributed by atoms with Gasteiger partial charge in [-0.25, -0.2) is 0 Å². The molecule has 0 N–H and O–H groups in total. The zero-order valence-corrected chi connectivity index (χ0v) is 11.3. The first-order chi connectivity index (χ1) is 7.75. The minimum Gasteiger partial charge on any atom is -0.306 e. The van der Waals surface area contributed by atoms with Gasteiger partial charge in [0.25, 0.3) is 0 Å². The van der Waals surface area contributed by atoms with E-state index < -0.39 is 0 Å². The molecule has 0 fully saturated rings. The number of thiol groups is 1. The maximum absolute atomic E-state index is 4.28. The highest BCUT2D eigenvalue weighted by Gasteiger charge is 2.03. The molecule has 0 amide bonds. The van der Waals surface area contributed by atoms with Crippen LogP contribution < -0.4 is 0 Å². The Balaban J connectivity index is 2.07. The van der Waals surface area contributed by atoms with Gasteiger partial charge in [-0.3, -0.25) is 0 Å². The Kier molecular flexibility index (Phi) is 6.53. The second-order valence-corrected chi connectivity index (χ2v) is 4.72. The van der Waals surface area contributed by atoms with Crippen molar-refractivity contribution < 1.29 is 0 Å². The maximum Gasteiger partial charge on any atom is 0.188 e. The van der Waals surface area contributed by atoms with E-state index in [-0.39, 0.29) is 0 Å². The van der Waals surface area contributed by atoms with Crippen LogP contribution in [0.5, 0.6) is 0 Å². The molecule has 0 aromatic carbocycles. The SMILES string of the molecule is CCCCCCCCCn1c(C)nnc1S. The first-order valence-corrected chi connectivity index (χ1v) is 6.79. The molecule has 92 valence electrons. The van der Waals surface area contributed by atoms with E-state index in [4.69, 9.17) is 0 Å². The summed E-state index contributed by atoms with van der Waals surface area (Å²) in [6.07, 6.45) is 9.33. The molecule has 1 aromatic heterocycles. The number of aromatic nitrogens is 3. The molecule has 0 aliphatic rings. The van der Waals surface area contributed by atoms with Crippen LogP contribution in [-0.2, 0) is 6.54 Å². The van der Waals surface area contributed by atoms with Gasteiger partial charge in [0.15, 0.2) is 5.16 Å². The molecule has 0 atom stereocenters. The van der Waals surface area contributed by atoms with Gasteiger partial charge in [-0.1, -0.05) is 45.4 Å². The molecule has 1 heterocycles. The molecular weight excluding hydrogens is 218 g/mol. The zero-order chi connectivity index (χ0) is 11.8. The molecule has 0 saturated heterocycles. The van der Waals surface area contributed by atoms with Crippen molar-refractivity contribution in [3.63, 3.8) is 0 Å². The Morgan fingerprint density at radius 1 is 1.00 bits per heavy atom. The molecule has 1 rings (SSSR count). The number of hydrogen-bond acceptors (Lipinski definition) is 3. The Bertz CT molecular complexity index is 277. The van der Waals surface area contributed by atoms with Crippen molar-refractivity contribution in [3.05, 3.63) is 5.82 Å². The van der Waals surface area contributed by atoms with E-state index in [1.54, 1.807) is 0 Å². The van der Waals surface area contributed by atoms with Crippen LogP contribution >= 0.6 is 12.6 Å². The van der Waals surface area contributed by atoms with Crippen LogP contribution in [0.4, 0.5) is 0 Å². The van der Waals surface area contributed by atoms with Crippen molar-refractivity contribution in [2.45, 2.75) is 70.5 Å². The number of unbranched alkanes of at least 4 members (excludes halogenated alkanes) is 6. The summed E-state index contributed by atoms with van der Waals surface area (Å²) in [6.45, 7) is 5.24. The summed E-state index contributed by atoms with van der Waals surface area (Å²) in [6, 6.07) is 0. The largest absolute Gasteiger partial charge is 0.306 e. The summed E-state index contributed by atoms with van der Waals surface area (Å²) in [5.41, 5.74) is 0. The molecule has 0 radical (unpaired) electrons. The lowest BCUT2D eigenvalue weighted by Crippen LogP contribution is -2.01. The van der Waals surface area contributed by atoms with E-state index in [1.165, 1.54) is 44.9 Å². The van der Waals surface area contributed by atoms with Crippen LogP contribution in [0.2, 0.25) is 0 Å². The summed E-state index contributed by atoms with van der Waals surface area (Å²) in [5.74, 6) is 0.969. The summed E-state index contributed by atoms with van der Waals surface area (Å²) < 4.78 is 2.08.